The van der Waals surface area contributed by atoms with E-state index in [-0.39, 0.29) is 30.1 Å². The summed E-state index contributed by atoms with van der Waals surface area (Å²) in [5.41, 5.74) is 10.8. The van der Waals surface area contributed by atoms with Gasteiger partial charge in [-0.15, -0.1) is 0 Å². The molecule has 33 heavy (non-hydrogen) atoms. The normalized spacial score (nSPS) is 12.4. The highest BCUT2D eigenvalue weighted by molar-refractivity contribution is 8.17. The third-order valence-electron chi connectivity index (χ3n) is 5.48. The molecule has 0 bridgehead atoms. The number of nitrogens with two attached hydrogens (primary N) is 1. The number of nitrogen functional groups attached to an aromatic ring is 1. The molecule has 1 amide bonds. The van der Waals surface area contributed by atoms with Gasteiger partial charge in [0.1, 0.15) is 11.6 Å². The maximum Gasteiger partial charge on any atom is 0.224 e. The van der Waals surface area contributed by atoms with Crippen molar-refractivity contribution in [2.45, 2.75) is 66.8 Å². The molecule has 0 aliphatic rings. The van der Waals surface area contributed by atoms with Crippen LogP contribution in [0.3, 0.4) is 0 Å². The molecular formula is C25H34N4O3S. The summed E-state index contributed by atoms with van der Waals surface area (Å²) in [4.78, 5) is 35.6. The Bertz CT molecular complexity index is 1050. The number of anilines is 1. The molecule has 0 saturated carbocycles. The van der Waals surface area contributed by atoms with Crippen molar-refractivity contribution in [2.24, 2.45) is 0 Å². The van der Waals surface area contributed by atoms with Crippen molar-refractivity contribution in [2.75, 3.05) is 12.3 Å². The maximum atomic E-state index is 13.3. The molecule has 178 valence electrons. The van der Waals surface area contributed by atoms with Crippen LogP contribution in [0.25, 0.3) is 0 Å². The molecule has 2 rings (SSSR count). The molecule has 1 heterocycles. The number of nitrogens with zero attached hydrogens (tertiary/aromatic N) is 3. The third-order valence-corrected chi connectivity index (χ3v) is 6.61. The Morgan fingerprint density at radius 3 is 2.30 bits per heavy atom. The zero-order valence-electron chi connectivity index (χ0n) is 20.5. The summed E-state index contributed by atoms with van der Waals surface area (Å²) < 4.78 is 0. The highest BCUT2D eigenvalue weighted by atomic mass is 32.2. The standard InChI is InChI=1S/C25H34N4O3S/c1-15-10-20(25(5,6)7)11-16(2)22(15)24(32)33-21(8-9-30)17(3)29(14-31)13-19-12-27-18(4)28-23(19)26/h10-12,14,30H,8-9,13H2,1-7H3,(H2,26,27,28)/b21-17-. The van der Waals surface area contributed by atoms with Crippen LogP contribution in [0, 0.1) is 20.8 Å². The second-order valence-corrected chi connectivity index (χ2v) is 10.2. The van der Waals surface area contributed by atoms with E-state index >= 15 is 0 Å². The van der Waals surface area contributed by atoms with Gasteiger partial charge in [-0.3, -0.25) is 9.59 Å². The van der Waals surface area contributed by atoms with Crippen LogP contribution in [0.5, 0.6) is 0 Å². The Labute approximate surface area is 200 Å². The van der Waals surface area contributed by atoms with Gasteiger partial charge in [-0.2, -0.15) is 0 Å². The molecule has 1 aromatic carbocycles. The number of carbonyl (C=O) groups excluding carboxylic acids is 2. The predicted octanol–water partition coefficient (Wildman–Crippen LogP) is 4.43. The van der Waals surface area contributed by atoms with Crippen LogP contribution in [0.1, 0.15) is 72.6 Å². The average Bonchev–Trinajstić information content (AvgIpc) is 2.71. The van der Waals surface area contributed by atoms with E-state index in [1.54, 1.807) is 20.0 Å². The van der Waals surface area contributed by atoms with Crippen LogP contribution in [-0.2, 0) is 16.8 Å². The lowest BCUT2D eigenvalue weighted by Crippen LogP contribution is -2.22. The first-order valence-corrected chi connectivity index (χ1v) is 11.6. The molecular weight excluding hydrogens is 436 g/mol. The van der Waals surface area contributed by atoms with Gasteiger partial charge in [-0.1, -0.05) is 32.9 Å². The van der Waals surface area contributed by atoms with E-state index in [0.717, 1.165) is 22.9 Å². The summed E-state index contributed by atoms with van der Waals surface area (Å²) >= 11 is 1.05. The van der Waals surface area contributed by atoms with Gasteiger partial charge in [0.05, 0.1) is 6.54 Å². The topological polar surface area (TPSA) is 109 Å². The fourth-order valence-corrected chi connectivity index (χ4v) is 4.61. The van der Waals surface area contributed by atoms with Gasteiger partial charge in [0.2, 0.25) is 11.5 Å². The Kier molecular flexibility index (Phi) is 8.80. The van der Waals surface area contributed by atoms with Gasteiger partial charge < -0.3 is 15.7 Å². The number of rotatable bonds is 8. The lowest BCUT2D eigenvalue weighted by molar-refractivity contribution is -0.116. The molecule has 3 N–H and O–H groups in total. The molecule has 0 unspecified atom stereocenters. The Morgan fingerprint density at radius 2 is 1.82 bits per heavy atom. The van der Waals surface area contributed by atoms with Crippen molar-refractivity contribution < 1.29 is 14.7 Å². The van der Waals surface area contributed by atoms with Crippen molar-refractivity contribution in [3.8, 4) is 0 Å². The number of hydrogen-bond acceptors (Lipinski definition) is 7. The van der Waals surface area contributed by atoms with E-state index in [0.29, 0.717) is 39.8 Å². The average molecular weight is 471 g/mol. The largest absolute Gasteiger partial charge is 0.396 e. The quantitative estimate of drug-likeness (QED) is 0.549. The van der Waals surface area contributed by atoms with Crippen LogP contribution in [0.4, 0.5) is 5.82 Å². The van der Waals surface area contributed by atoms with Gasteiger partial charge in [0, 0.05) is 41.0 Å². The first kappa shape index (κ1) is 26.5. The van der Waals surface area contributed by atoms with Crippen LogP contribution < -0.4 is 5.73 Å². The fourth-order valence-electron chi connectivity index (χ4n) is 3.50. The van der Waals surface area contributed by atoms with Crippen LogP contribution in [0.15, 0.2) is 28.9 Å². The summed E-state index contributed by atoms with van der Waals surface area (Å²) in [6, 6.07) is 4.11. The number of amides is 1. The molecule has 0 aliphatic heterocycles. The molecule has 0 atom stereocenters. The lowest BCUT2D eigenvalue weighted by atomic mass is 9.84. The summed E-state index contributed by atoms with van der Waals surface area (Å²) in [6.45, 7) is 13.8. The fraction of sp³-hybridized carbons (Fsp3) is 0.440. The van der Waals surface area contributed by atoms with Crippen LogP contribution in [0.2, 0.25) is 0 Å². The molecule has 1 aromatic heterocycles. The lowest BCUT2D eigenvalue weighted by Gasteiger charge is -2.23. The number of hydrogen-bond donors (Lipinski definition) is 2. The summed E-state index contributed by atoms with van der Waals surface area (Å²) in [5.74, 6) is 0.853. The minimum absolute atomic E-state index is 0.0191. The number of aromatic nitrogens is 2. The predicted molar refractivity (Wildman–Crippen MR) is 134 cm³/mol. The van der Waals surface area contributed by atoms with Crippen molar-refractivity contribution in [1.82, 2.24) is 14.9 Å². The van der Waals surface area contributed by atoms with Gasteiger partial charge >= 0.3 is 0 Å². The highest BCUT2D eigenvalue weighted by Crippen LogP contribution is 2.33. The molecule has 0 fully saturated rings. The van der Waals surface area contributed by atoms with Gasteiger partial charge in [-0.05, 0) is 61.6 Å². The van der Waals surface area contributed by atoms with E-state index in [1.165, 1.54) is 10.5 Å². The number of benzene rings is 1. The Hall–Kier alpha value is -2.71. The van der Waals surface area contributed by atoms with E-state index in [1.807, 2.05) is 13.8 Å². The minimum atomic E-state index is -0.143. The molecule has 2 aromatic rings. The van der Waals surface area contributed by atoms with E-state index in [2.05, 4.69) is 42.9 Å². The number of aliphatic hydroxyl groups is 1. The first-order chi connectivity index (χ1) is 15.4. The number of thioether (sulfide) groups is 1. The van der Waals surface area contributed by atoms with Crippen molar-refractivity contribution in [3.63, 3.8) is 0 Å². The van der Waals surface area contributed by atoms with Gasteiger partial charge in [0.15, 0.2) is 0 Å². The summed E-state index contributed by atoms with van der Waals surface area (Å²) in [7, 11) is 0. The molecule has 0 spiro atoms. The molecule has 0 aliphatic carbocycles. The summed E-state index contributed by atoms with van der Waals surface area (Å²) in [6.07, 6.45) is 2.53. The van der Waals surface area contributed by atoms with Gasteiger partial charge in [0.25, 0.3) is 0 Å². The number of aryl methyl sites for hydroxylation is 3. The number of aliphatic hydroxyl groups excluding tert-OH is 1. The monoisotopic (exact) mass is 470 g/mol. The SMILES string of the molecule is C/C(=C(\CCO)SC(=O)c1c(C)cc(C(C)(C)C)cc1C)N(C=O)Cc1cnc(C)nc1N. The van der Waals surface area contributed by atoms with E-state index < -0.39 is 0 Å². The Morgan fingerprint density at radius 1 is 1.21 bits per heavy atom. The Balaban J connectivity index is 2.38. The first-order valence-electron chi connectivity index (χ1n) is 10.8. The zero-order chi connectivity index (χ0) is 24.9. The third kappa shape index (κ3) is 6.65. The van der Waals surface area contributed by atoms with Crippen molar-refractivity contribution >= 4 is 29.1 Å². The van der Waals surface area contributed by atoms with Gasteiger partial charge in [-0.25, -0.2) is 9.97 Å². The number of carbonyl (C=O) groups is 2. The number of allylic oxidation sites excluding steroid dienone is 1. The second-order valence-electron chi connectivity index (χ2n) is 9.17. The molecule has 7 nitrogen and oxygen atoms in total. The smallest absolute Gasteiger partial charge is 0.224 e. The van der Waals surface area contributed by atoms with Crippen LogP contribution in [-0.4, -0.2) is 38.1 Å². The van der Waals surface area contributed by atoms with Crippen molar-refractivity contribution in [3.05, 3.63) is 62.6 Å². The molecule has 8 heteroatoms. The highest BCUT2D eigenvalue weighted by Gasteiger charge is 2.22. The van der Waals surface area contributed by atoms with E-state index in [4.69, 9.17) is 5.73 Å². The van der Waals surface area contributed by atoms with Crippen molar-refractivity contribution in [1.29, 1.82) is 0 Å². The zero-order valence-corrected chi connectivity index (χ0v) is 21.3. The van der Waals surface area contributed by atoms with E-state index in [9.17, 15) is 14.7 Å². The van der Waals surface area contributed by atoms with Crippen LogP contribution >= 0.6 is 11.8 Å². The molecule has 0 radical (unpaired) electrons. The maximum absolute atomic E-state index is 13.3. The second kappa shape index (κ2) is 10.9. The minimum Gasteiger partial charge on any atom is -0.396 e. The molecule has 0 saturated heterocycles. The summed E-state index contributed by atoms with van der Waals surface area (Å²) in [5, 5.41) is 9.50.